The lowest BCUT2D eigenvalue weighted by Gasteiger charge is -2.13. The molecule has 0 saturated carbocycles. The van der Waals surface area contributed by atoms with E-state index in [2.05, 4.69) is 4.74 Å². The van der Waals surface area contributed by atoms with Crippen molar-refractivity contribution in [3.63, 3.8) is 0 Å². The molecule has 0 aliphatic carbocycles. The minimum Gasteiger partial charge on any atom is -0.366 e. The first kappa shape index (κ1) is 13.8. The molecule has 1 atom stereocenters. The Morgan fingerprint density at radius 1 is 1.41 bits per heavy atom. The Hall–Kier alpha value is -1.27. The molecule has 1 unspecified atom stereocenters. The Morgan fingerprint density at radius 3 is 2.41 bits per heavy atom. The molecule has 1 rings (SSSR count). The van der Waals surface area contributed by atoms with Crippen LogP contribution in [0.3, 0.4) is 0 Å². The summed E-state index contributed by atoms with van der Waals surface area (Å²) in [6.45, 7) is 0. The average molecular weight is 268 g/mol. The number of carbonyl (C=O) groups excluding carboxylic acids is 1. The maximum absolute atomic E-state index is 12.5. The molecule has 2 N–H and O–H groups in total. The van der Waals surface area contributed by atoms with Gasteiger partial charge in [-0.05, 0) is 23.8 Å². The highest BCUT2D eigenvalue weighted by Crippen LogP contribution is 2.33. The van der Waals surface area contributed by atoms with E-state index in [0.717, 1.165) is 6.07 Å². The molecule has 0 fully saturated rings. The Bertz CT molecular complexity index is 434. The van der Waals surface area contributed by atoms with Gasteiger partial charge in [-0.25, -0.2) is 0 Å². The van der Waals surface area contributed by atoms with Crippen molar-refractivity contribution in [2.75, 3.05) is 7.11 Å². The summed E-state index contributed by atoms with van der Waals surface area (Å²) in [6.07, 6.45) is -4.58. The third-order valence-corrected chi connectivity index (χ3v) is 2.47. The molecule has 94 valence electrons. The van der Waals surface area contributed by atoms with E-state index in [4.69, 9.17) is 17.3 Å². The van der Waals surface area contributed by atoms with Crippen LogP contribution < -0.4 is 5.73 Å². The molecule has 0 aliphatic rings. The molecule has 0 spiro atoms. The van der Waals surface area contributed by atoms with Crippen molar-refractivity contribution in [2.45, 2.75) is 11.7 Å². The largest absolute Gasteiger partial charge is 0.416 e. The van der Waals surface area contributed by atoms with Crippen molar-refractivity contribution in [1.29, 1.82) is 0 Å². The zero-order chi connectivity index (χ0) is 13.2. The van der Waals surface area contributed by atoms with E-state index >= 15 is 0 Å². The second kappa shape index (κ2) is 4.93. The van der Waals surface area contributed by atoms with Crippen LogP contribution in [0, 0.1) is 0 Å². The molecule has 7 heteroatoms. The number of hydrogen-bond acceptors (Lipinski definition) is 2. The van der Waals surface area contributed by atoms with Crippen LogP contribution in [0.2, 0.25) is 0 Å². The quantitative estimate of drug-likeness (QED) is 0.856. The predicted molar refractivity (Wildman–Crippen MR) is 55.6 cm³/mol. The van der Waals surface area contributed by atoms with Gasteiger partial charge in [0, 0.05) is 12.7 Å². The van der Waals surface area contributed by atoms with Gasteiger partial charge >= 0.3 is 6.18 Å². The number of amides is 1. The number of alkyl halides is 4. The Balaban J connectivity index is 3.34. The predicted octanol–water partition coefficient (Wildman–Crippen LogP) is 2.69. The van der Waals surface area contributed by atoms with Crippen LogP contribution >= 0.6 is 11.6 Å². The van der Waals surface area contributed by atoms with E-state index in [1.54, 1.807) is 0 Å². The smallest absolute Gasteiger partial charge is 0.366 e. The lowest BCUT2D eigenvalue weighted by molar-refractivity contribution is -0.137. The van der Waals surface area contributed by atoms with Crippen LogP contribution in [0.15, 0.2) is 18.2 Å². The highest BCUT2D eigenvalue weighted by atomic mass is 35.5. The molecule has 1 aromatic rings. The summed E-state index contributed by atoms with van der Waals surface area (Å²) in [7, 11) is 1.24. The standard InChI is InChI=1S/C10H9ClF3NO2/c1-17-8(11)5-2-6(9(15)16)4-7(3-5)10(12,13)14/h2-4,8H,1H3,(H2,15,16). The number of methoxy groups -OCH3 is 1. The van der Waals surface area contributed by atoms with Gasteiger partial charge in [-0.2, -0.15) is 13.2 Å². The molecule has 17 heavy (non-hydrogen) atoms. The molecule has 0 bridgehead atoms. The summed E-state index contributed by atoms with van der Waals surface area (Å²) in [6, 6.07) is 2.65. The zero-order valence-electron chi connectivity index (χ0n) is 8.72. The lowest BCUT2D eigenvalue weighted by Crippen LogP contribution is -2.15. The van der Waals surface area contributed by atoms with Gasteiger partial charge in [0.25, 0.3) is 0 Å². The summed E-state index contributed by atoms with van der Waals surface area (Å²) in [5.74, 6) is -0.961. The maximum atomic E-state index is 12.5. The monoisotopic (exact) mass is 267 g/mol. The van der Waals surface area contributed by atoms with Gasteiger partial charge in [-0.1, -0.05) is 11.6 Å². The molecule has 1 amide bonds. The van der Waals surface area contributed by atoms with E-state index in [1.807, 2.05) is 0 Å². The van der Waals surface area contributed by atoms with Crippen molar-refractivity contribution >= 4 is 17.5 Å². The molecule has 0 saturated heterocycles. The number of nitrogens with two attached hydrogens (primary N) is 1. The topological polar surface area (TPSA) is 52.3 Å². The van der Waals surface area contributed by atoms with Gasteiger partial charge in [0.15, 0.2) is 5.56 Å². The second-order valence-electron chi connectivity index (χ2n) is 3.26. The molecule has 3 nitrogen and oxygen atoms in total. The Labute approximate surface area is 100 Å². The fraction of sp³-hybridized carbons (Fsp3) is 0.300. The van der Waals surface area contributed by atoms with Gasteiger partial charge in [0.05, 0.1) is 5.56 Å². The highest BCUT2D eigenvalue weighted by Gasteiger charge is 2.32. The van der Waals surface area contributed by atoms with Crippen LogP contribution in [0.25, 0.3) is 0 Å². The first-order chi connectivity index (χ1) is 7.75. The fourth-order valence-electron chi connectivity index (χ4n) is 1.22. The number of primary amides is 1. The van der Waals surface area contributed by atoms with Gasteiger partial charge in [0.1, 0.15) is 0 Å². The van der Waals surface area contributed by atoms with Crippen molar-refractivity contribution in [3.8, 4) is 0 Å². The van der Waals surface area contributed by atoms with Crippen LogP contribution in [0.5, 0.6) is 0 Å². The average Bonchev–Trinajstić information content (AvgIpc) is 2.26. The molecular weight excluding hydrogens is 259 g/mol. The number of hydrogen-bond donors (Lipinski definition) is 1. The molecule has 0 radical (unpaired) electrons. The Morgan fingerprint density at radius 2 is 2.00 bits per heavy atom. The third kappa shape index (κ3) is 3.34. The number of ether oxygens (including phenoxy) is 1. The summed E-state index contributed by atoms with van der Waals surface area (Å²) in [5, 5.41) is 0. The summed E-state index contributed by atoms with van der Waals surface area (Å²) >= 11 is 5.65. The number of carbonyl (C=O) groups is 1. The van der Waals surface area contributed by atoms with Crippen molar-refractivity contribution in [2.24, 2.45) is 5.73 Å². The van der Waals surface area contributed by atoms with E-state index in [-0.39, 0.29) is 11.1 Å². The number of halogens is 4. The normalized spacial score (nSPS) is 13.5. The highest BCUT2D eigenvalue weighted by molar-refractivity contribution is 6.20. The molecule has 0 aromatic heterocycles. The first-order valence-electron chi connectivity index (χ1n) is 4.44. The van der Waals surface area contributed by atoms with Gasteiger partial charge in [-0.3, -0.25) is 4.79 Å². The van der Waals surface area contributed by atoms with E-state index in [0.29, 0.717) is 6.07 Å². The van der Waals surface area contributed by atoms with Crippen molar-refractivity contribution in [3.05, 3.63) is 34.9 Å². The fourth-order valence-corrected chi connectivity index (χ4v) is 1.35. The molecule has 1 aromatic carbocycles. The van der Waals surface area contributed by atoms with Crippen LogP contribution in [0.4, 0.5) is 13.2 Å². The number of rotatable bonds is 3. The SMILES string of the molecule is COC(Cl)c1cc(C(N)=O)cc(C(F)(F)F)c1. The van der Waals surface area contributed by atoms with Crippen molar-refractivity contribution < 1.29 is 22.7 Å². The van der Waals surface area contributed by atoms with Gasteiger partial charge in [-0.15, -0.1) is 0 Å². The summed E-state index contributed by atoms with van der Waals surface area (Å²) < 4.78 is 42.3. The van der Waals surface area contributed by atoms with Crippen LogP contribution in [0.1, 0.15) is 27.0 Å². The van der Waals surface area contributed by atoms with Gasteiger partial charge < -0.3 is 10.5 Å². The minimum atomic E-state index is -4.58. The van der Waals surface area contributed by atoms with E-state index in [1.165, 1.54) is 13.2 Å². The third-order valence-electron chi connectivity index (χ3n) is 2.04. The van der Waals surface area contributed by atoms with Gasteiger partial charge in [0.2, 0.25) is 5.91 Å². The van der Waals surface area contributed by atoms with E-state index in [9.17, 15) is 18.0 Å². The number of benzene rings is 1. The van der Waals surface area contributed by atoms with Crippen molar-refractivity contribution in [1.82, 2.24) is 0 Å². The first-order valence-corrected chi connectivity index (χ1v) is 4.88. The zero-order valence-corrected chi connectivity index (χ0v) is 9.47. The summed E-state index contributed by atoms with van der Waals surface area (Å²) in [5.41, 5.74) is 2.64. The maximum Gasteiger partial charge on any atom is 0.416 e. The van der Waals surface area contributed by atoms with E-state index < -0.39 is 23.2 Å². The van der Waals surface area contributed by atoms with Crippen LogP contribution in [-0.4, -0.2) is 13.0 Å². The second-order valence-corrected chi connectivity index (χ2v) is 3.65. The molecule has 0 aliphatic heterocycles. The Kier molecular flexibility index (Phi) is 4.00. The summed E-state index contributed by atoms with van der Waals surface area (Å²) in [4.78, 5) is 10.9. The molecular formula is C10H9ClF3NO2. The minimum absolute atomic E-state index is 0.0257. The lowest BCUT2D eigenvalue weighted by atomic mass is 10.1. The molecule has 0 heterocycles. The van der Waals surface area contributed by atoms with Crippen LogP contribution in [-0.2, 0) is 10.9 Å².